The Morgan fingerprint density at radius 2 is 1.95 bits per heavy atom. The van der Waals surface area contributed by atoms with Gasteiger partial charge in [0.05, 0.1) is 22.3 Å². The van der Waals surface area contributed by atoms with E-state index in [0.717, 1.165) is 5.52 Å². The third-order valence-electron chi connectivity index (χ3n) is 3.28. The van der Waals surface area contributed by atoms with Gasteiger partial charge in [-0.1, -0.05) is 18.2 Å². The number of fused-ring (bicyclic) bond motifs is 1. The van der Waals surface area contributed by atoms with Gasteiger partial charge in [-0.3, -0.25) is 14.6 Å². The van der Waals surface area contributed by atoms with Gasteiger partial charge in [0.1, 0.15) is 0 Å². The minimum absolute atomic E-state index is 0.0423. The highest BCUT2D eigenvalue weighted by Gasteiger charge is 2.17. The maximum absolute atomic E-state index is 12.5. The lowest BCUT2D eigenvalue weighted by atomic mass is 10.2. The third kappa shape index (κ3) is 2.58. The average Bonchev–Trinajstić information content (AvgIpc) is 2.97. The Morgan fingerprint density at radius 1 is 1.18 bits per heavy atom. The van der Waals surface area contributed by atoms with E-state index in [9.17, 15) is 13.2 Å². The number of carbonyl (C=O) groups is 1. The van der Waals surface area contributed by atoms with Crippen molar-refractivity contribution < 1.29 is 13.2 Å². The summed E-state index contributed by atoms with van der Waals surface area (Å²) in [6.07, 6.45) is 1.55. The van der Waals surface area contributed by atoms with Crippen LogP contribution in [0.25, 0.3) is 10.9 Å². The van der Waals surface area contributed by atoms with Crippen molar-refractivity contribution in [3.63, 3.8) is 0 Å². The predicted molar refractivity (Wildman–Crippen MR) is 83.3 cm³/mol. The molecular formula is C15H13N3O3S. The van der Waals surface area contributed by atoms with Crippen LogP contribution in [0.1, 0.15) is 17.3 Å². The zero-order chi connectivity index (χ0) is 15.7. The zero-order valence-electron chi connectivity index (χ0n) is 11.7. The Morgan fingerprint density at radius 3 is 2.73 bits per heavy atom. The number of rotatable bonds is 4. The molecule has 6 nitrogen and oxygen atoms in total. The first kappa shape index (κ1) is 14.3. The van der Waals surface area contributed by atoms with Crippen molar-refractivity contribution in [2.24, 2.45) is 0 Å². The van der Waals surface area contributed by atoms with Crippen LogP contribution in [0.4, 0.5) is 5.69 Å². The van der Waals surface area contributed by atoms with E-state index in [2.05, 4.69) is 14.9 Å². The van der Waals surface area contributed by atoms with Crippen LogP contribution < -0.4 is 4.72 Å². The minimum atomic E-state index is -3.78. The van der Waals surface area contributed by atoms with Gasteiger partial charge >= 0.3 is 0 Å². The normalized spacial score (nSPS) is 11.5. The second-order valence-electron chi connectivity index (χ2n) is 4.83. The summed E-state index contributed by atoms with van der Waals surface area (Å²) >= 11 is 0. The topological polar surface area (TPSA) is 91.9 Å². The maximum Gasteiger partial charge on any atom is 0.261 e. The van der Waals surface area contributed by atoms with E-state index in [1.54, 1.807) is 36.5 Å². The van der Waals surface area contributed by atoms with E-state index in [1.165, 1.54) is 19.1 Å². The molecule has 0 spiro atoms. The molecule has 0 fully saturated rings. The second-order valence-corrected chi connectivity index (χ2v) is 6.51. The third-order valence-corrected chi connectivity index (χ3v) is 4.64. The second kappa shape index (κ2) is 5.27. The Kier molecular flexibility index (Phi) is 3.42. The van der Waals surface area contributed by atoms with Crippen LogP contribution in [-0.2, 0) is 10.0 Å². The number of sulfonamides is 1. The predicted octanol–water partition coefficient (Wildman–Crippen LogP) is 2.57. The average molecular weight is 315 g/mol. The molecule has 3 aromatic rings. The van der Waals surface area contributed by atoms with Crippen molar-refractivity contribution >= 4 is 32.4 Å². The summed E-state index contributed by atoms with van der Waals surface area (Å²) in [5, 5.41) is 7.35. The van der Waals surface area contributed by atoms with Crippen LogP contribution in [0.2, 0.25) is 0 Å². The molecule has 22 heavy (non-hydrogen) atoms. The molecule has 0 saturated heterocycles. The molecule has 3 rings (SSSR count). The van der Waals surface area contributed by atoms with Crippen LogP contribution in [0, 0.1) is 0 Å². The maximum atomic E-state index is 12.5. The fraction of sp³-hybridized carbons (Fsp3) is 0.0667. The Balaban J connectivity index is 2.02. The van der Waals surface area contributed by atoms with Crippen molar-refractivity contribution in [2.45, 2.75) is 11.8 Å². The van der Waals surface area contributed by atoms with Gasteiger partial charge in [-0.25, -0.2) is 8.42 Å². The molecule has 0 atom stereocenters. The van der Waals surface area contributed by atoms with Crippen molar-refractivity contribution in [3.8, 4) is 0 Å². The van der Waals surface area contributed by atoms with Crippen molar-refractivity contribution in [3.05, 3.63) is 54.2 Å². The van der Waals surface area contributed by atoms with Gasteiger partial charge in [0.25, 0.3) is 10.0 Å². The van der Waals surface area contributed by atoms with Gasteiger partial charge < -0.3 is 0 Å². The van der Waals surface area contributed by atoms with Crippen molar-refractivity contribution in [2.75, 3.05) is 4.72 Å². The smallest absolute Gasteiger partial charge is 0.261 e. The molecule has 2 aromatic carbocycles. The molecule has 0 aliphatic carbocycles. The summed E-state index contributed by atoms with van der Waals surface area (Å²) in [6, 6.07) is 11.1. The van der Waals surface area contributed by atoms with Gasteiger partial charge in [-0.05, 0) is 31.2 Å². The molecule has 0 bridgehead atoms. The summed E-state index contributed by atoms with van der Waals surface area (Å²) in [4.78, 5) is 11.4. The molecule has 0 radical (unpaired) electrons. The lowest BCUT2D eigenvalue weighted by molar-refractivity contribution is 0.101. The number of anilines is 1. The number of nitrogens with one attached hydrogen (secondary N) is 2. The van der Waals surface area contributed by atoms with E-state index in [1.807, 2.05) is 0 Å². The molecule has 2 N–H and O–H groups in total. The first-order chi connectivity index (χ1) is 10.5. The van der Waals surface area contributed by atoms with Crippen LogP contribution >= 0.6 is 0 Å². The van der Waals surface area contributed by atoms with Gasteiger partial charge in [-0.15, -0.1) is 0 Å². The standard InChI is InChI=1S/C15H13N3O3S/c1-10(19)11-4-2-5-12(8-11)22(20,21)18-15-7-3-6-14-13(15)9-16-17-14/h2-9,18H,1H3,(H,16,17). The molecule has 0 aliphatic heterocycles. The van der Waals surface area contributed by atoms with Crippen LogP contribution in [0.15, 0.2) is 53.6 Å². The van der Waals surface area contributed by atoms with Crippen molar-refractivity contribution in [1.82, 2.24) is 10.2 Å². The first-order valence-electron chi connectivity index (χ1n) is 6.53. The van der Waals surface area contributed by atoms with Crippen LogP contribution in [0.5, 0.6) is 0 Å². The highest BCUT2D eigenvalue weighted by molar-refractivity contribution is 7.92. The highest BCUT2D eigenvalue weighted by atomic mass is 32.2. The molecule has 0 amide bonds. The highest BCUT2D eigenvalue weighted by Crippen LogP contribution is 2.24. The lowest BCUT2D eigenvalue weighted by Gasteiger charge is -2.09. The summed E-state index contributed by atoms with van der Waals surface area (Å²) in [6.45, 7) is 1.39. The lowest BCUT2D eigenvalue weighted by Crippen LogP contribution is -2.13. The van der Waals surface area contributed by atoms with Gasteiger partial charge in [0, 0.05) is 10.9 Å². The Hall–Kier alpha value is -2.67. The number of hydrogen-bond donors (Lipinski definition) is 2. The molecule has 0 saturated carbocycles. The molecule has 1 aromatic heterocycles. The molecule has 0 aliphatic rings. The van der Waals surface area contributed by atoms with E-state index in [4.69, 9.17) is 0 Å². The summed E-state index contributed by atoms with van der Waals surface area (Å²) in [5.74, 6) is -0.186. The van der Waals surface area contributed by atoms with Crippen LogP contribution in [0.3, 0.4) is 0 Å². The zero-order valence-corrected chi connectivity index (χ0v) is 12.5. The number of aromatic amines is 1. The largest absolute Gasteiger partial charge is 0.295 e. The molecule has 112 valence electrons. The van der Waals surface area contributed by atoms with Gasteiger partial charge in [0.2, 0.25) is 0 Å². The summed E-state index contributed by atoms with van der Waals surface area (Å²) < 4.78 is 27.5. The van der Waals surface area contributed by atoms with Gasteiger partial charge in [-0.2, -0.15) is 5.10 Å². The molecule has 0 unspecified atom stereocenters. The number of hydrogen-bond acceptors (Lipinski definition) is 4. The van der Waals surface area contributed by atoms with E-state index >= 15 is 0 Å². The molecule has 7 heteroatoms. The summed E-state index contributed by atoms with van der Waals surface area (Å²) in [7, 11) is -3.78. The van der Waals surface area contributed by atoms with Gasteiger partial charge in [0.15, 0.2) is 5.78 Å². The molecule has 1 heterocycles. The monoisotopic (exact) mass is 315 g/mol. The van der Waals surface area contributed by atoms with E-state index in [-0.39, 0.29) is 10.7 Å². The fourth-order valence-corrected chi connectivity index (χ4v) is 3.27. The van der Waals surface area contributed by atoms with E-state index in [0.29, 0.717) is 16.6 Å². The summed E-state index contributed by atoms with van der Waals surface area (Å²) in [5.41, 5.74) is 1.52. The number of Topliss-reactive ketones (excluding diaryl/α,β-unsaturated/α-hetero) is 1. The SMILES string of the molecule is CC(=O)c1cccc(S(=O)(=O)Nc2cccc3[nH]ncc23)c1. The fourth-order valence-electron chi connectivity index (χ4n) is 2.14. The Labute approximate surface area is 127 Å². The number of H-pyrrole nitrogens is 1. The number of carbonyl (C=O) groups excluding carboxylic acids is 1. The number of benzene rings is 2. The quantitative estimate of drug-likeness (QED) is 0.724. The minimum Gasteiger partial charge on any atom is -0.295 e. The number of aromatic nitrogens is 2. The van der Waals surface area contributed by atoms with Crippen LogP contribution in [-0.4, -0.2) is 24.4 Å². The Bertz CT molecular complexity index is 961. The molecular weight excluding hydrogens is 302 g/mol. The van der Waals surface area contributed by atoms with Crippen molar-refractivity contribution in [1.29, 1.82) is 0 Å². The number of nitrogens with zero attached hydrogens (tertiary/aromatic N) is 1. The van der Waals surface area contributed by atoms with E-state index < -0.39 is 10.0 Å². The first-order valence-corrected chi connectivity index (χ1v) is 8.01. The number of ketones is 1.